The molecule has 0 aliphatic heterocycles. The average molecular weight is 370 g/mol. The fourth-order valence-electron chi connectivity index (χ4n) is 2.67. The minimum atomic E-state index is 0.106. The first-order valence-electron chi connectivity index (χ1n) is 8.64. The van der Waals surface area contributed by atoms with Crippen molar-refractivity contribution in [3.05, 3.63) is 70.2 Å². The molecule has 2 rings (SSSR count). The van der Waals surface area contributed by atoms with Crippen LogP contribution in [0.2, 0.25) is 5.02 Å². The summed E-state index contributed by atoms with van der Waals surface area (Å²) in [6, 6.07) is 17.2. The van der Waals surface area contributed by atoms with Gasteiger partial charge in [0, 0.05) is 31.1 Å². The maximum Gasteiger partial charge on any atom is 0.223 e. The summed E-state index contributed by atoms with van der Waals surface area (Å²) in [6.45, 7) is 1.96. The number of carbonyl (C=O) groups excluding carboxylic acids is 1. The topological polar surface area (TPSA) is 47.3 Å². The van der Waals surface area contributed by atoms with E-state index in [4.69, 9.17) is 16.9 Å². The molecule has 0 heterocycles. The Labute approximate surface area is 160 Å². The molecule has 0 aliphatic carbocycles. The van der Waals surface area contributed by atoms with Gasteiger partial charge in [0.25, 0.3) is 0 Å². The zero-order valence-corrected chi connectivity index (χ0v) is 16.0. The zero-order valence-electron chi connectivity index (χ0n) is 15.3. The van der Waals surface area contributed by atoms with Crippen LogP contribution in [-0.4, -0.2) is 42.9 Å². The van der Waals surface area contributed by atoms with Crippen LogP contribution >= 0.6 is 11.6 Å². The van der Waals surface area contributed by atoms with Crippen LogP contribution in [0.1, 0.15) is 23.1 Å². The quantitative estimate of drug-likeness (QED) is 0.712. The molecule has 5 heteroatoms. The van der Waals surface area contributed by atoms with Gasteiger partial charge in [-0.3, -0.25) is 4.79 Å². The highest BCUT2D eigenvalue weighted by molar-refractivity contribution is 6.30. The van der Waals surface area contributed by atoms with E-state index in [1.807, 2.05) is 61.5 Å². The van der Waals surface area contributed by atoms with Crippen molar-refractivity contribution >= 4 is 17.5 Å². The highest BCUT2D eigenvalue weighted by Crippen LogP contribution is 2.14. The number of hydrogen-bond acceptors (Lipinski definition) is 3. The Balaban J connectivity index is 2.04. The molecule has 4 nitrogen and oxygen atoms in total. The Kier molecular flexibility index (Phi) is 7.65. The van der Waals surface area contributed by atoms with Crippen LogP contribution in [0.15, 0.2) is 48.5 Å². The molecule has 2 aromatic rings. The second-order valence-electron chi connectivity index (χ2n) is 6.56. The molecule has 0 unspecified atom stereocenters. The van der Waals surface area contributed by atoms with Crippen LogP contribution in [-0.2, 0) is 17.8 Å². The van der Waals surface area contributed by atoms with Crippen LogP contribution in [0.4, 0.5) is 0 Å². The number of nitrogens with zero attached hydrogens (tertiary/aromatic N) is 3. The first-order valence-corrected chi connectivity index (χ1v) is 9.01. The number of aryl methyl sites for hydroxylation is 1. The van der Waals surface area contributed by atoms with Gasteiger partial charge in [0.15, 0.2) is 0 Å². The highest BCUT2D eigenvalue weighted by atomic mass is 35.5. The van der Waals surface area contributed by atoms with E-state index in [-0.39, 0.29) is 5.91 Å². The maximum atomic E-state index is 12.8. The summed E-state index contributed by atoms with van der Waals surface area (Å²) in [5, 5.41) is 9.75. The normalized spacial score (nSPS) is 10.6. The Morgan fingerprint density at radius 1 is 1.08 bits per heavy atom. The van der Waals surface area contributed by atoms with Crippen molar-refractivity contribution in [2.75, 3.05) is 27.2 Å². The lowest BCUT2D eigenvalue weighted by Gasteiger charge is -2.25. The first kappa shape index (κ1) is 20.0. The summed E-state index contributed by atoms with van der Waals surface area (Å²) in [7, 11) is 3.98. The van der Waals surface area contributed by atoms with Crippen LogP contribution in [0.5, 0.6) is 0 Å². The second kappa shape index (κ2) is 9.96. The van der Waals surface area contributed by atoms with Gasteiger partial charge in [-0.2, -0.15) is 5.26 Å². The molecule has 0 bridgehead atoms. The summed E-state index contributed by atoms with van der Waals surface area (Å²) in [5.74, 6) is 0.106. The number of benzene rings is 2. The fourth-order valence-corrected chi connectivity index (χ4v) is 2.89. The Morgan fingerprint density at radius 3 is 2.50 bits per heavy atom. The number of carbonyl (C=O) groups is 1. The molecule has 0 atom stereocenters. The molecule has 0 saturated carbocycles. The third-order valence-corrected chi connectivity index (χ3v) is 4.35. The number of likely N-dealkylation sites (N-methyl/N-ethyl adjacent to an activating group) is 1. The number of nitriles is 1. The molecule has 0 radical (unpaired) electrons. The van der Waals surface area contributed by atoms with E-state index in [1.54, 1.807) is 6.07 Å². The van der Waals surface area contributed by atoms with Gasteiger partial charge in [-0.15, -0.1) is 0 Å². The van der Waals surface area contributed by atoms with Gasteiger partial charge in [0.1, 0.15) is 0 Å². The number of rotatable bonds is 8. The summed E-state index contributed by atoms with van der Waals surface area (Å²) >= 11 is 6.02. The first-order chi connectivity index (χ1) is 12.5. The molecule has 1 amide bonds. The van der Waals surface area contributed by atoms with E-state index in [2.05, 4.69) is 11.0 Å². The van der Waals surface area contributed by atoms with Gasteiger partial charge in [-0.05, 0) is 55.9 Å². The van der Waals surface area contributed by atoms with Crippen LogP contribution < -0.4 is 0 Å². The van der Waals surface area contributed by atoms with Crippen LogP contribution in [0.25, 0.3) is 0 Å². The van der Waals surface area contributed by atoms with Crippen molar-refractivity contribution < 1.29 is 4.79 Å². The van der Waals surface area contributed by atoms with Crippen molar-refractivity contribution in [2.24, 2.45) is 0 Å². The van der Waals surface area contributed by atoms with Crippen molar-refractivity contribution in [3.63, 3.8) is 0 Å². The summed E-state index contributed by atoms with van der Waals surface area (Å²) in [6.07, 6.45) is 1.10. The van der Waals surface area contributed by atoms with E-state index in [0.29, 0.717) is 36.5 Å². The molecular weight excluding hydrogens is 346 g/mol. The Morgan fingerprint density at radius 2 is 1.81 bits per heavy atom. The molecule has 0 fully saturated rings. The number of hydrogen-bond donors (Lipinski definition) is 0. The molecule has 26 heavy (non-hydrogen) atoms. The number of halogens is 1. The van der Waals surface area contributed by atoms with Gasteiger partial charge in [-0.1, -0.05) is 35.9 Å². The van der Waals surface area contributed by atoms with Crippen LogP contribution in [0, 0.1) is 11.3 Å². The minimum Gasteiger partial charge on any atom is -0.337 e. The maximum absolute atomic E-state index is 12.8. The van der Waals surface area contributed by atoms with Gasteiger partial charge < -0.3 is 9.80 Å². The van der Waals surface area contributed by atoms with Gasteiger partial charge in [0.05, 0.1) is 11.6 Å². The molecule has 0 aromatic heterocycles. The largest absolute Gasteiger partial charge is 0.337 e. The van der Waals surface area contributed by atoms with E-state index in [1.165, 1.54) is 0 Å². The van der Waals surface area contributed by atoms with Gasteiger partial charge in [-0.25, -0.2) is 0 Å². The predicted octanol–water partition coefficient (Wildman–Crippen LogP) is 3.73. The summed E-state index contributed by atoms with van der Waals surface area (Å²) < 4.78 is 0. The summed E-state index contributed by atoms with van der Waals surface area (Å²) in [4.78, 5) is 16.7. The Hall–Kier alpha value is -2.35. The van der Waals surface area contributed by atoms with Gasteiger partial charge in [0.2, 0.25) is 5.91 Å². The smallest absolute Gasteiger partial charge is 0.223 e. The molecule has 0 N–H and O–H groups in total. The fraction of sp³-hybridized carbons (Fsp3) is 0.333. The minimum absolute atomic E-state index is 0.106. The lowest BCUT2D eigenvalue weighted by molar-refractivity contribution is -0.131. The van der Waals surface area contributed by atoms with Crippen LogP contribution in [0.3, 0.4) is 0 Å². The molecule has 2 aromatic carbocycles. The predicted molar refractivity (Wildman–Crippen MR) is 105 cm³/mol. The second-order valence-corrected chi connectivity index (χ2v) is 7.00. The lowest BCUT2D eigenvalue weighted by atomic mass is 10.1. The van der Waals surface area contributed by atoms with E-state index < -0.39 is 0 Å². The Bertz CT molecular complexity index is 783. The molecule has 0 spiro atoms. The third kappa shape index (κ3) is 6.51. The zero-order chi connectivity index (χ0) is 18.9. The lowest BCUT2D eigenvalue weighted by Crippen LogP contribution is -2.36. The molecule has 0 saturated heterocycles. The summed E-state index contributed by atoms with van der Waals surface area (Å²) in [5.41, 5.74) is 2.64. The van der Waals surface area contributed by atoms with E-state index in [9.17, 15) is 4.79 Å². The molecular formula is C21H24ClN3O. The SMILES string of the molecule is CN(C)CCN(Cc1cccc(C#N)c1)C(=O)CCc1cccc(Cl)c1. The average Bonchev–Trinajstić information content (AvgIpc) is 2.63. The van der Waals surface area contributed by atoms with E-state index >= 15 is 0 Å². The number of amides is 1. The standard InChI is InChI=1S/C21H24ClN3O/c1-24(2)11-12-25(16-19-7-3-6-18(13-19)15-23)21(26)10-9-17-5-4-8-20(22)14-17/h3-8,13-14H,9-12,16H2,1-2H3. The van der Waals surface area contributed by atoms with Gasteiger partial charge >= 0.3 is 0 Å². The monoisotopic (exact) mass is 369 g/mol. The van der Waals surface area contributed by atoms with Crippen molar-refractivity contribution in [1.82, 2.24) is 9.80 Å². The van der Waals surface area contributed by atoms with Crippen molar-refractivity contribution in [2.45, 2.75) is 19.4 Å². The van der Waals surface area contributed by atoms with Crippen molar-refractivity contribution in [3.8, 4) is 6.07 Å². The van der Waals surface area contributed by atoms with Crippen molar-refractivity contribution in [1.29, 1.82) is 5.26 Å². The highest BCUT2D eigenvalue weighted by Gasteiger charge is 2.15. The third-order valence-electron chi connectivity index (χ3n) is 4.12. The molecule has 136 valence electrons. The van der Waals surface area contributed by atoms with E-state index in [0.717, 1.165) is 17.7 Å². The molecule has 0 aliphatic rings.